The van der Waals surface area contributed by atoms with E-state index >= 15 is 0 Å². The molecule has 2 aliphatic heterocycles. The molecule has 5 heteroatoms. The van der Waals surface area contributed by atoms with Crippen molar-refractivity contribution in [1.82, 2.24) is 0 Å². The van der Waals surface area contributed by atoms with Crippen LogP contribution >= 0.6 is 0 Å². The molecule has 0 N–H and O–H groups in total. The van der Waals surface area contributed by atoms with Gasteiger partial charge in [-0.25, -0.2) is 0 Å². The molecule has 2 aromatic rings. The second-order valence-electron chi connectivity index (χ2n) is 15.9. The molecule has 2 unspecified atom stereocenters. The molecule has 1 saturated carbocycles. The van der Waals surface area contributed by atoms with Crippen molar-refractivity contribution in [3.8, 4) is 16.9 Å². The summed E-state index contributed by atoms with van der Waals surface area (Å²) in [5, 5.41) is 0. The van der Waals surface area contributed by atoms with E-state index in [9.17, 15) is 0 Å². The molecule has 280 valence electrons. The Morgan fingerprint density at radius 1 is 0.580 bits per heavy atom. The van der Waals surface area contributed by atoms with E-state index in [4.69, 9.17) is 23.7 Å². The van der Waals surface area contributed by atoms with Gasteiger partial charge in [0.05, 0.1) is 32.0 Å². The number of unbranched alkanes of at least 4 members (excludes halogenated alkanes) is 10. The smallest absolute Gasteiger partial charge is 0.184 e. The molecular weight excluding hydrogens is 620 g/mol. The molecule has 3 aliphatic rings. The third-order valence-electron chi connectivity index (χ3n) is 11.9. The summed E-state index contributed by atoms with van der Waals surface area (Å²) in [6.07, 6.45) is 23.5. The Hall–Kier alpha value is -1.92. The van der Waals surface area contributed by atoms with E-state index in [0.717, 1.165) is 44.0 Å². The summed E-state index contributed by atoms with van der Waals surface area (Å²) >= 11 is 0. The second-order valence-corrected chi connectivity index (χ2v) is 15.9. The van der Waals surface area contributed by atoms with Crippen LogP contribution in [0.15, 0.2) is 48.5 Å². The van der Waals surface area contributed by atoms with Crippen LogP contribution in [0, 0.1) is 23.7 Å². The molecule has 1 aliphatic carbocycles. The fourth-order valence-electron chi connectivity index (χ4n) is 8.26. The Bertz CT molecular complexity index is 1170. The highest BCUT2D eigenvalue weighted by Gasteiger charge is 2.35. The van der Waals surface area contributed by atoms with Gasteiger partial charge in [0.1, 0.15) is 5.75 Å². The molecule has 0 radical (unpaired) electrons. The monoisotopic (exact) mass is 691 g/mol. The van der Waals surface area contributed by atoms with Crippen molar-refractivity contribution in [2.75, 3.05) is 19.8 Å². The first-order valence-electron chi connectivity index (χ1n) is 20.9. The topological polar surface area (TPSA) is 46.2 Å². The average molecular weight is 691 g/mol. The van der Waals surface area contributed by atoms with E-state index in [1.54, 1.807) is 0 Å². The standard InChI is InChI=1S/C45H70O5/c1-5-7-9-11-13-15-17-41-32-47-44(49-34(41)3)39-21-19-36(20-22-39)31-46-43-29-27-38(28-30-43)37-23-25-40(26-24-37)45-48-33-42(35(4)50-45)18-16-14-12-10-8-6-2/h23-30,34-36,39,41-42,44-45H,5-22,31-33H2,1-4H3/t34?,35?,36?,39?,41-,42-,44-,45-/m1/s1. The number of ether oxygens (including phenoxy) is 5. The van der Waals surface area contributed by atoms with Gasteiger partial charge in [-0.15, -0.1) is 0 Å². The summed E-state index contributed by atoms with van der Waals surface area (Å²) in [7, 11) is 0. The third-order valence-corrected chi connectivity index (χ3v) is 11.9. The van der Waals surface area contributed by atoms with Crippen molar-refractivity contribution in [3.05, 3.63) is 54.1 Å². The molecular formula is C45H70O5. The lowest BCUT2D eigenvalue weighted by Gasteiger charge is -2.40. The van der Waals surface area contributed by atoms with Crippen molar-refractivity contribution in [3.63, 3.8) is 0 Å². The Labute approximate surface area is 305 Å². The van der Waals surface area contributed by atoms with Crippen LogP contribution in [0.25, 0.3) is 11.1 Å². The lowest BCUT2D eigenvalue weighted by Crippen LogP contribution is -2.43. The highest BCUT2D eigenvalue weighted by Crippen LogP contribution is 2.37. The van der Waals surface area contributed by atoms with Gasteiger partial charge in [0.25, 0.3) is 0 Å². The lowest BCUT2D eigenvalue weighted by molar-refractivity contribution is -0.257. The minimum atomic E-state index is -0.274. The molecule has 2 saturated heterocycles. The van der Waals surface area contributed by atoms with Crippen LogP contribution < -0.4 is 4.74 Å². The van der Waals surface area contributed by atoms with Crippen molar-refractivity contribution >= 4 is 0 Å². The molecule has 2 aromatic carbocycles. The zero-order valence-corrected chi connectivity index (χ0v) is 32.1. The summed E-state index contributed by atoms with van der Waals surface area (Å²) in [4.78, 5) is 0. The molecule has 0 aromatic heterocycles. The Morgan fingerprint density at radius 2 is 1.10 bits per heavy atom. The van der Waals surface area contributed by atoms with E-state index in [-0.39, 0.29) is 18.7 Å². The highest BCUT2D eigenvalue weighted by molar-refractivity contribution is 5.64. The van der Waals surface area contributed by atoms with E-state index < -0.39 is 0 Å². The molecule has 0 bridgehead atoms. The van der Waals surface area contributed by atoms with Gasteiger partial charge >= 0.3 is 0 Å². The Balaban J connectivity index is 0.968. The van der Waals surface area contributed by atoms with Crippen LogP contribution in [0.1, 0.15) is 155 Å². The maximum Gasteiger partial charge on any atom is 0.184 e. The fourth-order valence-corrected chi connectivity index (χ4v) is 8.26. The van der Waals surface area contributed by atoms with Gasteiger partial charge < -0.3 is 23.7 Å². The zero-order valence-electron chi connectivity index (χ0n) is 32.1. The summed E-state index contributed by atoms with van der Waals surface area (Å²) < 4.78 is 31.6. The average Bonchev–Trinajstić information content (AvgIpc) is 3.15. The molecule has 6 atom stereocenters. The van der Waals surface area contributed by atoms with Crippen molar-refractivity contribution in [1.29, 1.82) is 0 Å². The first kappa shape index (κ1) is 39.3. The SMILES string of the molecule is CCCCCCCC[C@@H]1CO[C@@H](c2ccc(-c3ccc(OCC4CCC([C@@H]5OC[C@@H](CCCCCCCC)C(C)O5)CC4)cc3)cc2)OC1C. The molecule has 50 heavy (non-hydrogen) atoms. The maximum atomic E-state index is 6.45. The van der Waals surface area contributed by atoms with Crippen LogP contribution in [-0.4, -0.2) is 38.3 Å². The molecule has 2 heterocycles. The lowest BCUT2D eigenvalue weighted by atomic mass is 9.81. The molecule has 3 fully saturated rings. The molecule has 5 rings (SSSR count). The van der Waals surface area contributed by atoms with E-state index in [1.165, 1.54) is 114 Å². The van der Waals surface area contributed by atoms with Crippen LogP contribution in [0.2, 0.25) is 0 Å². The summed E-state index contributed by atoms with van der Waals surface area (Å²) in [5.41, 5.74) is 3.48. The van der Waals surface area contributed by atoms with Crippen molar-refractivity contribution in [2.24, 2.45) is 23.7 Å². The Morgan fingerprint density at radius 3 is 1.66 bits per heavy atom. The number of rotatable bonds is 20. The van der Waals surface area contributed by atoms with Crippen molar-refractivity contribution in [2.45, 2.75) is 168 Å². The van der Waals surface area contributed by atoms with Gasteiger partial charge in [-0.1, -0.05) is 127 Å². The fraction of sp³-hybridized carbons (Fsp3) is 0.733. The van der Waals surface area contributed by atoms with Crippen molar-refractivity contribution < 1.29 is 23.7 Å². The third kappa shape index (κ3) is 12.3. The molecule has 0 spiro atoms. The quantitative estimate of drug-likeness (QED) is 0.129. The maximum absolute atomic E-state index is 6.45. The normalized spacial score (nSPS) is 28.8. The van der Waals surface area contributed by atoms with Gasteiger partial charge in [0, 0.05) is 23.3 Å². The summed E-state index contributed by atoms with van der Waals surface area (Å²) in [6.45, 7) is 11.5. The minimum Gasteiger partial charge on any atom is -0.493 e. The Kier molecular flexibility index (Phi) is 16.9. The van der Waals surface area contributed by atoms with Crippen LogP contribution in [-0.2, 0) is 18.9 Å². The second kappa shape index (κ2) is 21.6. The van der Waals surface area contributed by atoms with Crippen LogP contribution in [0.3, 0.4) is 0 Å². The molecule has 0 amide bonds. The predicted octanol–water partition coefficient (Wildman–Crippen LogP) is 12.5. The molecule has 5 nitrogen and oxygen atoms in total. The van der Waals surface area contributed by atoms with Crippen LogP contribution in [0.5, 0.6) is 5.75 Å². The number of benzene rings is 2. The van der Waals surface area contributed by atoms with E-state index in [2.05, 4.69) is 76.2 Å². The van der Waals surface area contributed by atoms with E-state index in [1.807, 2.05) is 0 Å². The largest absolute Gasteiger partial charge is 0.493 e. The summed E-state index contributed by atoms with van der Waals surface area (Å²) in [5.74, 6) is 3.11. The first-order valence-corrected chi connectivity index (χ1v) is 20.9. The van der Waals surface area contributed by atoms with Crippen LogP contribution in [0.4, 0.5) is 0 Å². The number of hydrogen-bond donors (Lipinski definition) is 0. The minimum absolute atomic E-state index is 0.0207. The van der Waals surface area contributed by atoms with E-state index in [0.29, 0.717) is 29.8 Å². The zero-order chi connectivity index (χ0) is 35.0. The van der Waals surface area contributed by atoms with Gasteiger partial charge in [-0.2, -0.15) is 0 Å². The summed E-state index contributed by atoms with van der Waals surface area (Å²) in [6, 6.07) is 17.2. The first-order chi connectivity index (χ1) is 24.5. The highest BCUT2D eigenvalue weighted by atomic mass is 16.7. The van der Waals surface area contributed by atoms with Gasteiger partial charge in [-0.3, -0.25) is 0 Å². The van der Waals surface area contributed by atoms with Gasteiger partial charge in [0.15, 0.2) is 12.6 Å². The number of hydrogen-bond acceptors (Lipinski definition) is 5. The van der Waals surface area contributed by atoms with Gasteiger partial charge in [0.2, 0.25) is 0 Å². The van der Waals surface area contributed by atoms with Gasteiger partial charge in [-0.05, 0) is 81.5 Å². The predicted molar refractivity (Wildman–Crippen MR) is 205 cm³/mol.